The summed E-state index contributed by atoms with van der Waals surface area (Å²) < 4.78 is 5.70. The SMILES string of the molecule is CC(=O)N1CCOc2ccc(CCC(=O)NCC(C)C)cc2C1. The number of nitrogens with one attached hydrogen (secondary N) is 1. The topological polar surface area (TPSA) is 58.6 Å². The van der Waals surface area contributed by atoms with E-state index >= 15 is 0 Å². The number of hydrogen-bond donors (Lipinski definition) is 1. The van der Waals surface area contributed by atoms with Crippen LogP contribution in [0.2, 0.25) is 0 Å². The number of hydrogen-bond acceptors (Lipinski definition) is 3. The molecule has 0 bridgehead atoms. The van der Waals surface area contributed by atoms with Gasteiger partial charge in [-0.25, -0.2) is 0 Å². The molecule has 0 aromatic heterocycles. The highest BCUT2D eigenvalue weighted by molar-refractivity contribution is 5.76. The van der Waals surface area contributed by atoms with Gasteiger partial charge in [0.05, 0.1) is 6.54 Å². The minimum absolute atomic E-state index is 0.0555. The van der Waals surface area contributed by atoms with Crippen LogP contribution in [-0.4, -0.2) is 36.4 Å². The van der Waals surface area contributed by atoms with Crippen molar-refractivity contribution in [3.63, 3.8) is 0 Å². The van der Waals surface area contributed by atoms with Gasteiger partial charge in [0.15, 0.2) is 0 Å². The lowest BCUT2D eigenvalue weighted by Gasteiger charge is -2.17. The van der Waals surface area contributed by atoms with E-state index < -0.39 is 0 Å². The van der Waals surface area contributed by atoms with Gasteiger partial charge in [-0.3, -0.25) is 9.59 Å². The maximum absolute atomic E-state index is 11.8. The number of nitrogens with zero attached hydrogens (tertiary/aromatic N) is 1. The normalized spacial score (nSPS) is 14.0. The van der Waals surface area contributed by atoms with Crippen LogP contribution in [0.4, 0.5) is 0 Å². The predicted molar refractivity (Wildman–Crippen MR) is 89.2 cm³/mol. The van der Waals surface area contributed by atoms with Crippen molar-refractivity contribution in [3.8, 4) is 5.75 Å². The Hall–Kier alpha value is -2.04. The fourth-order valence-corrected chi connectivity index (χ4v) is 2.54. The molecule has 2 rings (SSSR count). The van der Waals surface area contributed by atoms with E-state index in [0.717, 1.165) is 16.9 Å². The molecule has 0 unspecified atom stereocenters. The van der Waals surface area contributed by atoms with E-state index in [1.807, 2.05) is 18.2 Å². The Kier molecular flexibility index (Phi) is 6.02. The van der Waals surface area contributed by atoms with E-state index in [1.165, 1.54) is 0 Å². The first-order valence-corrected chi connectivity index (χ1v) is 8.22. The van der Waals surface area contributed by atoms with Crippen molar-refractivity contribution < 1.29 is 14.3 Å². The highest BCUT2D eigenvalue weighted by Gasteiger charge is 2.17. The molecule has 126 valence electrons. The van der Waals surface area contributed by atoms with E-state index in [0.29, 0.717) is 45.0 Å². The highest BCUT2D eigenvalue weighted by atomic mass is 16.5. The van der Waals surface area contributed by atoms with Gasteiger partial charge in [0.25, 0.3) is 0 Å². The summed E-state index contributed by atoms with van der Waals surface area (Å²) in [7, 11) is 0. The summed E-state index contributed by atoms with van der Waals surface area (Å²) in [4.78, 5) is 25.2. The van der Waals surface area contributed by atoms with E-state index in [1.54, 1.807) is 11.8 Å². The second-order valence-electron chi connectivity index (χ2n) is 6.43. The molecule has 1 aromatic carbocycles. The minimum atomic E-state index is 0.0555. The number of benzene rings is 1. The molecular formula is C18H26N2O3. The number of carbonyl (C=O) groups is 2. The summed E-state index contributed by atoms with van der Waals surface area (Å²) >= 11 is 0. The lowest BCUT2D eigenvalue weighted by Crippen LogP contribution is -2.30. The van der Waals surface area contributed by atoms with E-state index in [4.69, 9.17) is 4.74 Å². The zero-order valence-electron chi connectivity index (χ0n) is 14.2. The molecule has 1 aromatic rings. The summed E-state index contributed by atoms with van der Waals surface area (Å²) in [6.45, 7) is 8.14. The van der Waals surface area contributed by atoms with Crippen LogP contribution < -0.4 is 10.1 Å². The molecule has 0 saturated heterocycles. The molecule has 5 nitrogen and oxygen atoms in total. The number of rotatable bonds is 5. The third-order valence-electron chi connectivity index (χ3n) is 3.90. The maximum atomic E-state index is 11.8. The van der Waals surface area contributed by atoms with Gasteiger partial charge in [0, 0.05) is 32.0 Å². The quantitative estimate of drug-likeness (QED) is 0.905. The summed E-state index contributed by atoms with van der Waals surface area (Å²) in [5.74, 6) is 1.43. The fourth-order valence-electron chi connectivity index (χ4n) is 2.54. The number of carbonyl (C=O) groups excluding carboxylic acids is 2. The zero-order valence-corrected chi connectivity index (χ0v) is 14.2. The van der Waals surface area contributed by atoms with Crippen molar-refractivity contribution in [2.24, 2.45) is 5.92 Å². The van der Waals surface area contributed by atoms with Crippen LogP contribution in [0.3, 0.4) is 0 Å². The van der Waals surface area contributed by atoms with Crippen molar-refractivity contribution in [1.29, 1.82) is 0 Å². The van der Waals surface area contributed by atoms with Crippen LogP contribution in [0, 0.1) is 5.92 Å². The van der Waals surface area contributed by atoms with Crippen LogP contribution in [0.1, 0.15) is 38.3 Å². The van der Waals surface area contributed by atoms with Gasteiger partial charge >= 0.3 is 0 Å². The molecular weight excluding hydrogens is 292 g/mol. The van der Waals surface area contributed by atoms with Gasteiger partial charge in [-0.05, 0) is 24.0 Å². The molecule has 1 aliphatic rings. The summed E-state index contributed by atoms with van der Waals surface area (Å²) in [5.41, 5.74) is 2.11. The average molecular weight is 318 g/mol. The smallest absolute Gasteiger partial charge is 0.220 e. The number of aryl methyl sites for hydroxylation is 1. The van der Waals surface area contributed by atoms with Gasteiger partial charge in [-0.2, -0.15) is 0 Å². The standard InChI is InChI=1S/C18H26N2O3/c1-13(2)11-19-18(22)7-5-15-4-6-17-16(10-15)12-20(14(3)21)8-9-23-17/h4,6,10,13H,5,7-9,11-12H2,1-3H3,(H,19,22). The largest absolute Gasteiger partial charge is 0.491 e. The molecule has 0 aliphatic carbocycles. The van der Waals surface area contributed by atoms with Gasteiger partial charge in [0.2, 0.25) is 11.8 Å². The second-order valence-corrected chi connectivity index (χ2v) is 6.43. The van der Waals surface area contributed by atoms with Crippen molar-refractivity contribution in [2.45, 2.75) is 40.2 Å². The van der Waals surface area contributed by atoms with Crippen LogP contribution in [0.15, 0.2) is 18.2 Å². The lowest BCUT2D eigenvalue weighted by atomic mass is 10.0. The van der Waals surface area contributed by atoms with Crippen molar-refractivity contribution in [2.75, 3.05) is 19.7 Å². The summed E-state index contributed by atoms with van der Waals surface area (Å²) in [6.07, 6.45) is 1.17. The predicted octanol–water partition coefficient (Wildman–Crippen LogP) is 2.13. The maximum Gasteiger partial charge on any atom is 0.220 e. The van der Waals surface area contributed by atoms with E-state index in [9.17, 15) is 9.59 Å². The van der Waals surface area contributed by atoms with Crippen LogP contribution in [0.5, 0.6) is 5.75 Å². The third kappa shape index (κ3) is 5.27. The Morgan fingerprint density at radius 2 is 2.13 bits per heavy atom. The molecule has 0 spiro atoms. The van der Waals surface area contributed by atoms with E-state index in [2.05, 4.69) is 19.2 Å². The highest BCUT2D eigenvalue weighted by Crippen LogP contribution is 2.25. The summed E-state index contributed by atoms with van der Waals surface area (Å²) in [5, 5.41) is 2.93. The molecule has 5 heteroatoms. The van der Waals surface area contributed by atoms with Gasteiger partial charge in [0.1, 0.15) is 12.4 Å². The molecule has 0 atom stereocenters. The molecule has 2 amide bonds. The number of ether oxygens (including phenoxy) is 1. The first kappa shape index (κ1) is 17.3. The molecule has 1 N–H and O–H groups in total. The van der Waals surface area contributed by atoms with Crippen LogP contribution in [0.25, 0.3) is 0 Å². The van der Waals surface area contributed by atoms with Crippen molar-refractivity contribution in [3.05, 3.63) is 29.3 Å². The van der Waals surface area contributed by atoms with Crippen LogP contribution >= 0.6 is 0 Å². The zero-order chi connectivity index (χ0) is 16.8. The first-order chi connectivity index (χ1) is 11.0. The van der Waals surface area contributed by atoms with Gasteiger partial charge in [-0.1, -0.05) is 26.0 Å². The fraction of sp³-hybridized carbons (Fsp3) is 0.556. The average Bonchev–Trinajstić information content (AvgIpc) is 2.72. The minimum Gasteiger partial charge on any atom is -0.491 e. The first-order valence-electron chi connectivity index (χ1n) is 8.22. The molecule has 0 saturated carbocycles. The number of amides is 2. The Balaban J connectivity index is 1.97. The van der Waals surface area contributed by atoms with Gasteiger partial charge in [-0.15, -0.1) is 0 Å². The molecule has 0 radical (unpaired) electrons. The summed E-state index contributed by atoms with van der Waals surface area (Å²) in [6, 6.07) is 5.99. The number of fused-ring (bicyclic) bond motifs is 1. The Labute approximate surface area is 138 Å². The lowest BCUT2D eigenvalue weighted by molar-refractivity contribution is -0.129. The second kappa shape index (κ2) is 7.99. The monoisotopic (exact) mass is 318 g/mol. The van der Waals surface area contributed by atoms with Crippen molar-refractivity contribution in [1.82, 2.24) is 10.2 Å². The molecule has 1 aliphatic heterocycles. The van der Waals surface area contributed by atoms with E-state index in [-0.39, 0.29) is 11.8 Å². The third-order valence-corrected chi connectivity index (χ3v) is 3.90. The molecule has 1 heterocycles. The molecule has 23 heavy (non-hydrogen) atoms. The van der Waals surface area contributed by atoms with Crippen LogP contribution in [-0.2, 0) is 22.6 Å². The Morgan fingerprint density at radius 3 is 2.83 bits per heavy atom. The Bertz CT molecular complexity index is 569. The Morgan fingerprint density at radius 1 is 1.35 bits per heavy atom. The molecule has 0 fully saturated rings. The van der Waals surface area contributed by atoms with Crippen molar-refractivity contribution >= 4 is 11.8 Å². The van der Waals surface area contributed by atoms with Gasteiger partial charge < -0.3 is 15.0 Å².